The van der Waals surface area contributed by atoms with Crippen molar-refractivity contribution in [1.29, 1.82) is 0 Å². The standard InChI is InChI=1S/C21H18F2N4S2/c1-13(28)14-7-9-15(10-8-14)29-26-20-12-18(21(22)23)25-27(20)19-6-2-5-17-16(19)4-3-11-24-17/h2-13,21,26,28H,1H3. The van der Waals surface area contributed by atoms with E-state index in [2.05, 4.69) is 27.4 Å². The molecule has 0 spiro atoms. The molecule has 8 heteroatoms. The number of rotatable bonds is 6. The number of aromatic nitrogens is 3. The Labute approximate surface area is 176 Å². The van der Waals surface area contributed by atoms with E-state index in [9.17, 15) is 8.78 Å². The molecule has 29 heavy (non-hydrogen) atoms. The second-order valence-corrected chi connectivity index (χ2v) is 8.12. The van der Waals surface area contributed by atoms with E-state index in [-0.39, 0.29) is 10.9 Å². The van der Waals surface area contributed by atoms with Gasteiger partial charge in [0.1, 0.15) is 11.5 Å². The van der Waals surface area contributed by atoms with Crippen LogP contribution < -0.4 is 4.72 Å². The molecule has 0 radical (unpaired) electrons. The van der Waals surface area contributed by atoms with Gasteiger partial charge in [0, 0.05) is 27.8 Å². The first-order valence-corrected chi connectivity index (χ1v) is 10.3. The maximum atomic E-state index is 13.3. The van der Waals surface area contributed by atoms with E-state index in [0.717, 1.165) is 21.4 Å². The molecule has 4 rings (SSSR count). The highest BCUT2D eigenvalue weighted by atomic mass is 32.2. The van der Waals surface area contributed by atoms with Gasteiger partial charge in [0.05, 0.1) is 11.2 Å². The molecule has 0 aliphatic rings. The zero-order valence-electron chi connectivity index (χ0n) is 15.5. The Kier molecular flexibility index (Phi) is 5.73. The highest BCUT2D eigenvalue weighted by molar-refractivity contribution is 8.00. The third-order valence-corrected chi connectivity index (χ3v) is 5.56. The molecule has 1 N–H and O–H groups in total. The second kappa shape index (κ2) is 8.42. The summed E-state index contributed by atoms with van der Waals surface area (Å²) in [5.74, 6) is 0.466. The molecule has 1 unspecified atom stereocenters. The number of hydrogen-bond donors (Lipinski definition) is 2. The van der Waals surface area contributed by atoms with E-state index < -0.39 is 6.43 Å². The Hall–Kier alpha value is -2.58. The topological polar surface area (TPSA) is 42.7 Å². The number of nitrogens with zero attached hydrogens (tertiary/aromatic N) is 3. The Bertz CT molecular complexity index is 1120. The maximum Gasteiger partial charge on any atom is 0.282 e. The van der Waals surface area contributed by atoms with Crippen molar-refractivity contribution in [3.8, 4) is 5.69 Å². The number of benzene rings is 2. The predicted octanol–water partition coefficient (Wildman–Crippen LogP) is 6.47. The third-order valence-electron chi connectivity index (χ3n) is 4.44. The van der Waals surface area contributed by atoms with Crippen molar-refractivity contribution >= 4 is 41.3 Å². The zero-order chi connectivity index (χ0) is 20.4. The first-order chi connectivity index (χ1) is 14.0. The summed E-state index contributed by atoms with van der Waals surface area (Å²) >= 11 is 5.76. The largest absolute Gasteiger partial charge is 0.310 e. The van der Waals surface area contributed by atoms with Gasteiger partial charge in [0.2, 0.25) is 0 Å². The molecule has 2 aromatic heterocycles. The lowest BCUT2D eigenvalue weighted by Gasteiger charge is -2.12. The number of pyridine rings is 1. The van der Waals surface area contributed by atoms with Crippen LogP contribution in [0.25, 0.3) is 16.6 Å². The van der Waals surface area contributed by atoms with Crippen LogP contribution in [0.15, 0.2) is 71.8 Å². The molecule has 0 aliphatic carbocycles. The summed E-state index contributed by atoms with van der Waals surface area (Å²) < 4.78 is 31.4. The molecule has 0 amide bonds. The van der Waals surface area contributed by atoms with Crippen LogP contribution in [0.2, 0.25) is 0 Å². The van der Waals surface area contributed by atoms with Gasteiger partial charge in [-0.05, 0) is 60.8 Å². The van der Waals surface area contributed by atoms with Gasteiger partial charge in [0.15, 0.2) is 0 Å². The zero-order valence-corrected chi connectivity index (χ0v) is 17.2. The molecule has 4 aromatic rings. The van der Waals surface area contributed by atoms with E-state index in [0.29, 0.717) is 11.5 Å². The average Bonchev–Trinajstić information content (AvgIpc) is 3.16. The SMILES string of the molecule is CC(S)c1ccc(SNc2cc(C(F)F)nn2-c2cccc3ncccc23)cc1. The fourth-order valence-electron chi connectivity index (χ4n) is 2.96. The van der Waals surface area contributed by atoms with Gasteiger partial charge in [-0.25, -0.2) is 13.5 Å². The first-order valence-electron chi connectivity index (χ1n) is 8.96. The molecule has 2 heterocycles. The number of nitrogens with one attached hydrogen (secondary N) is 1. The molecule has 4 nitrogen and oxygen atoms in total. The number of fused-ring (bicyclic) bond motifs is 1. The van der Waals surface area contributed by atoms with Crippen LogP contribution >= 0.6 is 24.6 Å². The van der Waals surface area contributed by atoms with Crippen molar-refractivity contribution in [3.05, 3.63) is 78.1 Å². The third kappa shape index (κ3) is 4.23. The summed E-state index contributed by atoms with van der Waals surface area (Å²) in [4.78, 5) is 5.29. The molecule has 1 atom stereocenters. The Morgan fingerprint density at radius 1 is 1.07 bits per heavy atom. The highest BCUT2D eigenvalue weighted by Gasteiger charge is 2.18. The number of alkyl halides is 2. The minimum Gasteiger partial charge on any atom is -0.310 e. The number of anilines is 1. The lowest BCUT2D eigenvalue weighted by Crippen LogP contribution is -2.03. The van der Waals surface area contributed by atoms with Crippen molar-refractivity contribution in [2.75, 3.05) is 4.72 Å². The molecule has 148 valence electrons. The van der Waals surface area contributed by atoms with E-state index in [1.165, 1.54) is 22.7 Å². The predicted molar refractivity (Wildman–Crippen MR) is 117 cm³/mol. The van der Waals surface area contributed by atoms with Crippen LogP contribution in [0.5, 0.6) is 0 Å². The van der Waals surface area contributed by atoms with Crippen LogP contribution in [-0.4, -0.2) is 14.8 Å². The summed E-state index contributed by atoms with van der Waals surface area (Å²) in [5, 5.41) is 5.12. The summed E-state index contributed by atoms with van der Waals surface area (Å²) in [6, 6.07) is 18.6. The van der Waals surface area contributed by atoms with Gasteiger partial charge < -0.3 is 4.72 Å². The quantitative estimate of drug-likeness (QED) is 0.273. The Morgan fingerprint density at radius 2 is 1.86 bits per heavy atom. The molecule has 0 saturated heterocycles. The van der Waals surface area contributed by atoms with Crippen molar-refractivity contribution in [2.45, 2.75) is 23.5 Å². The Balaban J connectivity index is 1.68. The van der Waals surface area contributed by atoms with Crippen LogP contribution in [0.4, 0.5) is 14.6 Å². The smallest absolute Gasteiger partial charge is 0.282 e. The van der Waals surface area contributed by atoms with Gasteiger partial charge in [-0.1, -0.05) is 18.2 Å². The van der Waals surface area contributed by atoms with Gasteiger partial charge in [-0.2, -0.15) is 17.7 Å². The molecule has 0 bridgehead atoms. The van der Waals surface area contributed by atoms with E-state index >= 15 is 0 Å². The van der Waals surface area contributed by atoms with Crippen molar-refractivity contribution in [2.24, 2.45) is 0 Å². The van der Waals surface area contributed by atoms with E-state index in [1.54, 1.807) is 6.20 Å². The summed E-state index contributed by atoms with van der Waals surface area (Å²) in [5.41, 5.74) is 2.29. The molecule has 0 fully saturated rings. The molecule has 0 aliphatic heterocycles. The van der Waals surface area contributed by atoms with Gasteiger partial charge >= 0.3 is 0 Å². The van der Waals surface area contributed by atoms with Gasteiger partial charge in [-0.15, -0.1) is 0 Å². The summed E-state index contributed by atoms with van der Waals surface area (Å²) in [6.45, 7) is 2.01. The lowest BCUT2D eigenvalue weighted by atomic mass is 10.2. The number of hydrogen-bond acceptors (Lipinski definition) is 5. The normalized spacial score (nSPS) is 12.4. The fourth-order valence-corrected chi connectivity index (χ4v) is 3.77. The van der Waals surface area contributed by atoms with Gasteiger partial charge in [-0.3, -0.25) is 4.98 Å². The van der Waals surface area contributed by atoms with Crippen molar-refractivity contribution in [3.63, 3.8) is 0 Å². The average molecular weight is 429 g/mol. The molecule has 0 saturated carbocycles. The molecule has 2 aromatic carbocycles. The molecular formula is C21H18F2N4S2. The van der Waals surface area contributed by atoms with Crippen molar-refractivity contribution < 1.29 is 8.78 Å². The minimum atomic E-state index is -2.66. The maximum absolute atomic E-state index is 13.3. The Morgan fingerprint density at radius 3 is 2.59 bits per heavy atom. The second-order valence-electron chi connectivity index (χ2n) is 6.46. The van der Waals surface area contributed by atoms with Crippen LogP contribution in [0.3, 0.4) is 0 Å². The summed E-state index contributed by atoms with van der Waals surface area (Å²) in [6.07, 6.45) is -0.962. The number of halogens is 2. The fraction of sp³-hybridized carbons (Fsp3) is 0.143. The molecular weight excluding hydrogens is 410 g/mol. The monoisotopic (exact) mass is 428 g/mol. The number of thiol groups is 1. The first kappa shape index (κ1) is 19.7. The van der Waals surface area contributed by atoms with Gasteiger partial charge in [0.25, 0.3) is 6.43 Å². The van der Waals surface area contributed by atoms with E-state index in [1.807, 2.05) is 61.5 Å². The van der Waals surface area contributed by atoms with E-state index in [4.69, 9.17) is 0 Å². The highest BCUT2D eigenvalue weighted by Crippen LogP contribution is 2.31. The summed E-state index contributed by atoms with van der Waals surface area (Å²) in [7, 11) is 0. The van der Waals surface area contributed by atoms with Crippen LogP contribution in [0, 0.1) is 0 Å². The van der Waals surface area contributed by atoms with Crippen LogP contribution in [-0.2, 0) is 0 Å². The van der Waals surface area contributed by atoms with Crippen LogP contribution in [0.1, 0.15) is 29.9 Å². The minimum absolute atomic E-state index is 0.150. The van der Waals surface area contributed by atoms with Crippen molar-refractivity contribution in [1.82, 2.24) is 14.8 Å². The lowest BCUT2D eigenvalue weighted by molar-refractivity contribution is 0.145.